The zero-order valence-corrected chi connectivity index (χ0v) is 12.7. The fraction of sp³-hybridized carbons (Fsp3) is 0.118. The minimum atomic E-state index is -0.193. The van der Waals surface area contributed by atoms with Gasteiger partial charge >= 0.3 is 0 Å². The van der Waals surface area contributed by atoms with Gasteiger partial charge in [0, 0.05) is 5.39 Å². The van der Waals surface area contributed by atoms with E-state index in [4.69, 9.17) is 4.42 Å². The maximum Gasteiger partial charge on any atom is 0.268 e. The number of hydrogen-bond acceptors (Lipinski definition) is 3. The monoisotopic (exact) mass is 310 g/mol. The number of nitrogens with one attached hydrogen (secondary N) is 2. The van der Waals surface area contributed by atoms with Crippen molar-refractivity contribution in [3.8, 4) is 0 Å². The second-order valence-corrected chi connectivity index (χ2v) is 6.21. The van der Waals surface area contributed by atoms with Crippen LogP contribution in [0.1, 0.15) is 29.2 Å². The highest BCUT2D eigenvalue weighted by molar-refractivity contribution is 7.17. The van der Waals surface area contributed by atoms with Crippen LogP contribution >= 0.6 is 11.3 Å². The van der Waals surface area contributed by atoms with Crippen LogP contribution in [0.15, 0.2) is 52.3 Å². The van der Waals surface area contributed by atoms with Crippen LogP contribution in [-0.2, 0) is 0 Å². The van der Waals surface area contributed by atoms with E-state index in [0.717, 1.165) is 26.9 Å². The molecular weight excluding hydrogens is 296 g/mol. The van der Waals surface area contributed by atoms with E-state index in [9.17, 15) is 4.79 Å². The molecule has 0 fully saturated rings. The Morgan fingerprint density at radius 2 is 2.14 bits per heavy atom. The Kier molecular flexibility index (Phi) is 3.01. The number of hydrogen-bond donors (Lipinski definition) is 2. The van der Waals surface area contributed by atoms with Gasteiger partial charge in [0.2, 0.25) is 0 Å². The maximum absolute atomic E-state index is 12.3. The number of para-hydroxylation sites is 1. The normalized spacial score (nSPS) is 12.8. The zero-order valence-electron chi connectivity index (χ0n) is 11.9. The number of furan rings is 1. The van der Waals surface area contributed by atoms with E-state index in [1.54, 1.807) is 11.3 Å². The first-order chi connectivity index (χ1) is 10.7. The van der Waals surface area contributed by atoms with Crippen LogP contribution in [0.3, 0.4) is 0 Å². The van der Waals surface area contributed by atoms with Gasteiger partial charge in [0.25, 0.3) is 5.91 Å². The molecule has 1 amide bonds. The average Bonchev–Trinajstić information content (AvgIpc) is 3.20. The van der Waals surface area contributed by atoms with Crippen molar-refractivity contribution < 1.29 is 9.21 Å². The van der Waals surface area contributed by atoms with E-state index < -0.39 is 0 Å². The summed E-state index contributed by atoms with van der Waals surface area (Å²) in [7, 11) is 0. The summed E-state index contributed by atoms with van der Waals surface area (Å²) in [5.74, 6) is 0.624. The Hall–Kier alpha value is -2.53. The van der Waals surface area contributed by atoms with Gasteiger partial charge in [0.1, 0.15) is 17.0 Å². The lowest BCUT2D eigenvalue weighted by Crippen LogP contribution is -2.26. The molecule has 3 heterocycles. The third kappa shape index (κ3) is 2.19. The molecule has 0 aliphatic rings. The SMILES string of the molecule is CC(NC(=O)c1cc2sccc2[nH]1)c1cc2ccccc2o1. The van der Waals surface area contributed by atoms with Crippen molar-refractivity contribution in [2.24, 2.45) is 0 Å². The molecule has 0 spiro atoms. The molecule has 0 bridgehead atoms. The van der Waals surface area contributed by atoms with Crippen molar-refractivity contribution in [1.82, 2.24) is 10.3 Å². The van der Waals surface area contributed by atoms with Crippen LogP contribution in [0, 0.1) is 0 Å². The molecule has 1 unspecified atom stereocenters. The first-order valence-corrected chi connectivity index (χ1v) is 7.94. The number of thiophene rings is 1. The van der Waals surface area contributed by atoms with E-state index in [-0.39, 0.29) is 11.9 Å². The lowest BCUT2D eigenvalue weighted by Gasteiger charge is -2.10. The lowest BCUT2D eigenvalue weighted by molar-refractivity contribution is 0.0931. The van der Waals surface area contributed by atoms with Crippen LogP contribution < -0.4 is 5.32 Å². The van der Waals surface area contributed by atoms with Crippen LogP contribution in [0.4, 0.5) is 0 Å². The molecule has 4 rings (SSSR count). The minimum Gasteiger partial charge on any atom is -0.459 e. The summed E-state index contributed by atoms with van der Waals surface area (Å²) in [5, 5.41) is 6.01. The molecule has 0 aliphatic heterocycles. The zero-order chi connectivity index (χ0) is 15.1. The fourth-order valence-electron chi connectivity index (χ4n) is 2.53. The number of rotatable bonds is 3. The van der Waals surface area contributed by atoms with Gasteiger partial charge in [0.15, 0.2) is 0 Å². The molecular formula is C17H14N2O2S. The summed E-state index contributed by atoms with van der Waals surface area (Å²) in [6.07, 6.45) is 0. The van der Waals surface area contributed by atoms with E-state index >= 15 is 0 Å². The van der Waals surface area contributed by atoms with Crippen molar-refractivity contribution in [2.75, 3.05) is 0 Å². The molecule has 2 N–H and O–H groups in total. The minimum absolute atomic E-state index is 0.128. The van der Waals surface area contributed by atoms with Crippen LogP contribution in [0.5, 0.6) is 0 Å². The predicted octanol–water partition coefficient (Wildman–Crippen LogP) is 4.47. The quantitative estimate of drug-likeness (QED) is 0.586. The third-order valence-electron chi connectivity index (χ3n) is 3.70. The predicted molar refractivity (Wildman–Crippen MR) is 88.3 cm³/mol. The van der Waals surface area contributed by atoms with Gasteiger partial charge in [-0.3, -0.25) is 4.79 Å². The molecule has 4 nitrogen and oxygen atoms in total. The number of carbonyl (C=O) groups is 1. The lowest BCUT2D eigenvalue weighted by atomic mass is 10.2. The maximum atomic E-state index is 12.3. The molecule has 0 aliphatic carbocycles. The second kappa shape index (κ2) is 5.03. The third-order valence-corrected chi connectivity index (χ3v) is 4.57. The standard InChI is InChI=1S/C17H14N2O2S/c1-10(15-8-11-4-2-3-5-14(11)21-15)18-17(20)13-9-16-12(19-13)6-7-22-16/h2-10,19H,1H3,(H,18,20). The first kappa shape index (κ1) is 13.2. The van der Waals surface area contributed by atoms with Crippen molar-refractivity contribution in [3.05, 3.63) is 59.3 Å². The smallest absolute Gasteiger partial charge is 0.268 e. The molecule has 4 aromatic rings. The van der Waals surface area contributed by atoms with Gasteiger partial charge in [-0.05, 0) is 36.6 Å². The highest BCUT2D eigenvalue weighted by atomic mass is 32.1. The summed E-state index contributed by atoms with van der Waals surface area (Å²) in [5.41, 5.74) is 2.40. The van der Waals surface area contributed by atoms with E-state index in [2.05, 4.69) is 10.3 Å². The molecule has 110 valence electrons. The number of aromatic amines is 1. The molecule has 3 aromatic heterocycles. The van der Waals surface area contributed by atoms with Gasteiger partial charge in [-0.15, -0.1) is 11.3 Å². The molecule has 22 heavy (non-hydrogen) atoms. The van der Waals surface area contributed by atoms with Crippen molar-refractivity contribution >= 4 is 38.4 Å². The van der Waals surface area contributed by atoms with Crippen molar-refractivity contribution in [1.29, 1.82) is 0 Å². The number of amides is 1. The van der Waals surface area contributed by atoms with Gasteiger partial charge < -0.3 is 14.7 Å². The number of H-pyrrole nitrogens is 1. The Morgan fingerprint density at radius 1 is 1.27 bits per heavy atom. The number of carbonyl (C=O) groups excluding carboxylic acids is 1. The summed E-state index contributed by atoms with van der Waals surface area (Å²) in [4.78, 5) is 15.5. The molecule has 5 heteroatoms. The molecule has 0 saturated heterocycles. The van der Waals surface area contributed by atoms with Gasteiger partial charge in [-0.25, -0.2) is 0 Å². The summed E-state index contributed by atoms with van der Waals surface area (Å²) >= 11 is 1.61. The average molecular weight is 310 g/mol. The Balaban J connectivity index is 1.56. The van der Waals surface area contributed by atoms with E-state index in [1.807, 2.05) is 54.8 Å². The molecule has 1 aromatic carbocycles. The molecule has 1 atom stereocenters. The van der Waals surface area contributed by atoms with Gasteiger partial charge in [-0.1, -0.05) is 18.2 Å². The van der Waals surface area contributed by atoms with Gasteiger partial charge in [0.05, 0.1) is 16.3 Å². The molecule has 0 saturated carbocycles. The summed E-state index contributed by atoms with van der Waals surface area (Å²) in [6.45, 7) is 1.92. The molecule has 0 radical (unpaired) electrons. The van der Waals surface area contributed by atoms with Crippen molar-refractivity contribution in [3.63, 3.8) is 0 Å². The Labute approximate surface area is 130 Å². The number of benzene rings is 1. The Bertz CT molecular complexity index is 902. The summed E-state index contributed by atoms with van der Waals surface area (Å²) < 4.78 is 6.87. The van der Waals surface area contributed by atoms with Crippen molar-refractivity contribution in [2.45, 2.75) is 13.0 Å². The van der Waals surface area contributed by atoms with E-state index in [0.29, 0.717) is 5.69 Å². The Morgan fingerprint density at radius 3 is 2.95 bits per heavy atom. The fourth-order valence-corrected chi connectivity index (χ4v) is 3.31. The highest BCUT2D eigenvalue weighted by Gasteiger charge is 2.16. The second-order valence-electron chi connectivity index (χ2n) is 5.26. The van der Waals surface area contributed by atoms with Crippen LogP contribution in [0.25, 0.3) is 21.2 Å². The van der Waals surface area contributed by atoms with Crippen LogP contribution in [-0.4, -0.2) is 10.9 Å². The van der Waals surface area contributed by atoms with Crippen LogP contribution in [0.2, 0.25) is 0 Å². The topological polar surface area (TPSA) is 58.0 Å². The first-order valence-electron chi connectivity index (χ1n) is 7.06. The summed E-state index contributed by atoms with van der Waals surface area (Å²) in [6, 6.07) is 13.4. The largest absolute Gasteiger partial charge is 0.459 e. The van der Waals surface area contributed by atoms with E-state index in [1.165, 1.54) is 0 Å². The number of aromatic nitrogens is 1. The van der Waals surface area contributed by atoms with Gasteiger partial charge in [-0.2, -0.15) is 0 Å². The highest BCUT2D eigenvalue weighted by Crippen LogP contribution is 2.25. The number of fused-ring (bicyclic) bond motifs is 2.